The van der Waals surface area contributed by atoms with Gasteiger partial charge < -0.3 is 10.1 Å². The molecular formula is C17H26ClNO. The van der Waals surface area contributed by atoms with Crippen molar-refractivity contribution in [1.29, 1.82) is 0 Å². The fourth-order valence-electron chi connectivity index (χ4n) is 2.73. The van der Waals surface area contributed by atoms with Gasteiger partial charge in [0.2, 0.25) is 0 Å². The van der Waals surface area contributed by atoms with E-state index < -0.39 is 0 Å². The van der Waals surface area contributed by atoms with Gasteiger partial charge in [0.15, 0.2) is 0 Å². The van der Waals surface area contributed by atoms with Crippen LogP contribution in [0.4, 0.5) is 0 Å². The molecule has 1 aromatic carbocycles. The van der Waals surface area contributed by atoms with Crippen LogP contribution < -0.4 is 10.1 Å². The van der Waals surface area contributed by atoms with Gasteiger partial charge >= 0.3 is 0 Å². The normalized spacial score (nSPS) is 22.8. The van der Waals surface area contributed by atoms with E-state index in [9.17, 15) is 0 Å². The van der Waals surface area contributed by atoms with Gasteiger partial charge in [0.05, 0.1) is 6.10 Å². The maximum absolute atomic E-state index is 6.22. The van der Waals surface area contributed by atoms with Crippen LogP contribution in [0.2, 0.25) is 5.02 Å². The third-order valence-electron chi connectivity index (χ3n) is 4.02. The molecule has 0 atom stereocenters. The fourth-order valence-corrected chi connectivity index (χ4v) is 2.92. The number of ether oxygens (including phenoxy) is 1. The summed E-state index contributed by atoms with van der Waals surface area (Å²) in [6.07, 6.45) is 6.41. The SMILES string of the molecule is CCCNCc1cc(Cl)ccc1OC1CCC(C)CC1. The van der Waals surface area contributed by atoms with E-state index in [0.29, 0.717) is 6.10 Å². The first-order valence-corrected chi connectivity index (χ1v) is 8.22. The number of benzene rings is 1. The molecule has 1 aliphatic carbocycles. The molecule has 3 heteroatoms. The quantitative estimate of drug-likeness (QED) is 0.761. The largest absolute Gasteiger partial charge is 0.490 e. The molecule has 0 heterocycles. The first-order chi connectivity index (χ1) is 9.69. The first kappa shape index (κ1) is 15.7. The van der Waals surface area contributed by atoms with Gasteiger partial charge in [-0.15, -0.1) is 0 Å². The fraction of sp³-hybridized carbons (Fsp3) is 0.647. The molecule has 1 fully saturated rings. The highest BCUT2D eigenvalue weighted by atomic mass is 35.5. The molecule has 0 bridgehead atoms. The Bertz CT molecular complexity index is 413. The van der Waals surface area contributed by atoms with Gasteiger partial charge in [0.25, 0.3) is 0 Å². The zero-order valence-corrected chi connectivity index (χ0v) is 13.4. The summed E-state index contributed by atoms with van der Waals surface area (Å²) in [6.45, 7) is 6.35. The van der Waals surface area contributed by atoms with Crippen LogP contribution >= 0.6 is 11.6 Å². The van der Waals surface area contributed by atoms with E-state index in [2.05, 4.69) is 19.2 Å². The van der Waals surface area contributed by atoms with E-state index in [4.69, 9.17) is 16.3 Å². The number of hydrogen-bond acceptors (Lipinski definition) is 2. The Morgan fingerprint density at radius 2 is 2.00 bits per heavy atom. The Hall–Kier alpha value is -0.730. The minimum absolute atomic E-state index is 0.373. The Labute approximate surface area is 127 Å². The van der Waals surface area contributed by atoms with Crippen molar-refractivity contribution < 1.29 is 4.74 Å². The predicted molar refractivity (Wildman–Crippen MR) is 85.5 cm³/mol. The Balaban J connectivity index is 1.98. The minimum atomic E-state index is 0.373. The summed E-state index contributed by atoms with van der Waals surface area (Å²) in [6, 6.07) is 5.96. The second-order valence-corrected chi connectivity index (χ2v) is 6.36. The highest BCUT2D eigenvalue weighted by Gasteiger charge is 2.20. The van der Waals surface area contributed by atoms with E-state index in [1.807, 2.05) is 18.2 Å². The lowest BCUT2D eigenvalue weighted by Gasteiger charge is -2.27. The summed E-state index contributed by atoms with van der Waals surface area (Å²) in [4.78, 5) is 0. The molecule has 2 rings (SSSR count). The van der Waals surface area contributed by atoms with Crippen LogP contribution in [0.25, 0.3) is 0 Å². The molecule has 0 unspecified atom stereocenters. The van der Waals surface area contributed by atoms with E-state index in [1.54, 1.807) is 0 Å². The standard InChI is InChI=1S/C17H26ClNO/c1-3-10-19-12-14-11-15(18)6-9-17(14)20-16-7-4-13(2)5-8-16/h6,9,11,13,16,19H,3-5,7-8,10,12H2,1-2H3. The third-order valence-corrected chi connectivity index (χ3v) is 4.26. The third kappa shape index (κ3) is 4.68. The maximum atomic E-state index is 6.22. The van der Waals surface area contributed by atoms with Crippen molar-refractivity contribution in [2.75, 3.05) is 6.54 Å². The second kappa shape index (κ2) is 7.90. The van der Waals surface area contributed by atoms with Crippen molar-refractivity contribution in [2.45, 2.75) is 58.6 Å². The van der Waals surface area contributed by atoms with E-state index in [1.165, 1.54) is 31.2 Å². The summed E-state index contributed by atoms with van der Waals surface area (Å²) in [7, 11) is 0. The highest BCUT2D eigenvalue weighted by molar-refractivity contribution is 6.30. The minimum Gasteiger partial charge on any atom is -0.490 e. The first-order valence-electron chi connectivity index (χ1n) is 7.84. The van der Waals surface area contributed by atoms with Crippen LogP contribution in [0.5, 0.6) is 5.75 Å². The number of halogens is 1. The number of rotatable bonds is 6. The molecule has 0 aliphatic heterocycles. The number of nitrogens with one attached hydrogen (secondary N) is 1. The summed E-state index contributed by atoms with van der Waals surface area (Å²) >= 11 is 6.11. The van der Waals surface area contributed by atoms with E-state index >= 15 is 0 Å². The highest BCUT2D eigenvalue weighted by Crippen LogP contribution is 2.30. The van der Waals surface area contributed by atoms with Crippen molar-refractivity contribution in [3.63, 3.8) is 0 Å². The second-order valence-electron chi connectivity index (χ2n) is 5.93. The van der Waals surface area contributed by atoms with Gasteiger partial charge in [-0.05, 0) is 62.8 Å². The number of hydrogen-bond donors (Lipinski definition) is 1. The average molecular weight is 296 g/mol. The molecule has 2 nitrogen and oxygen atoms in total. The van der Waals surface area contributed by atoms with Gasteiger partial charge in [-0.25, -0.2) is 0 Å². The molecule has 1 saturated carbocycles. The van der Waals surface area contributed by atoms with Crippen LogP contribution in [0, 0.1) is 5.92 Å². The smallest absolute Gasteiger partial charge is 0.124 e. The van der Waals surface area contributed by atoms with Crippen LogP contribution in [0.1, 0.15) is 51.5 Å². The molecule has 0 saturated heterocycles. The maximum Gasteiger partial charge on any atom is 0.124 e. The van der Waals surface area contributed by atoms with Crippen LogP contribution in [0.3, 0.4) is 0 Å². The molecule has 1 aliphatic rings. The summed E-state index contributed by atoms with van der Waals surface area (Å²) < 4.78 is 6.22. The van der Waals surface area contributed by atoms with Crippen molar-refractivity contribution >= 4 is 11.6 Å². The summed E-state index contributed by atoms with van der Waals surface area (Å²) in [5.74, 6) is 1.85. The molecule has 1 aromatic rings. The average Bonchev–Trinajstić information content (AvgIpc) is 2.44. The Kier molecular flexibility index (Phi) is 6.18. The van der Waals surface area contributed by atoms with E-state index in [0.717, 1.165) is 36.2 Å². The van der Waals surface area contributed by atoms with Gasteiger partial charge in [-0.3, -0.25) is 0 Å². The molecule has 0 amide bonds. The van der Waals surface area contributed by atoms with Crippen LogP contribution in [0.15, 0.2) is 18.2 Å². The van der Waals surface area contributed by atoms with Gasteiger partial charge in [-0.1, -0.05) is 25.4 Å². The topological polar surface area (TPSA) is 21.3 Å². The lowest BCUT2D eigenvalue weighted by molar-refractivity contribution is 0.134. The zero-order chi connectivity index (χ0) is 14.4. The van der Waals surface area contributed by atoms with Crippen molar-refractivity contribution in [2.24, 2.45) is 5.92 Å². The Morgan fingerprint density at radius 3 is 2.70 bits per heavy atom. The molecule has 1 N–H and O–H groups in total. The summed E-state index contributed by atoms with van der Waals surface area (Å²) in [5, 5.41) is 4.21. The lowest BCUT2D eigenvalue weighted by Crippen LogP contribution is -2.24. The van der Waals surface area contributed by atoms with Crippen LogP contribution in [-0.2, 0) is 6.54 Å². The van der Waals surface area contributed by atoms with Gasteiger partial charge in [0.1, 0.15) is 5.75 Å². The van der Waals surface area contributed by atoms with Crippen LogP contribution in [-0.4, -0.2) is 12.6 Å². The molecular weight excluding hydrogens is 270 g/mol. The van der Waals surface area contributed by atoms with Crippen molar-refractivity contribution in [3.8, 4) is 5.75 Å². The molecule has 0 radical (unpaired) electrons. The lowest BCUT2D eigenvalue weighted by atomic mass is 9.89. The molecule has 112 valence electrons. The zero-order valence-electron chi connectivity index (χ0n) is 12.6. The summed E-state index contributed by atoms with van der Waals surface area (Å²) in [5.41, 5.74) is 1.17. The van der Waals surface area contributed by atoms with E-state index in [-0.39, 0.29) is 0 Å². The van der Waals surface area contributed by atoms with Crippen molar-refractivity contribution in [1.82, 2.24) is 5.32 Å². The monoisotopic (exact) mass is 295 g/mol. The Morgan fingerprint density at radius 1 is 1.25 bits per heavy atom. The molecule has 0 spiro atoms. The van der Waals surface area contributed by atoms with Gasteiger partial charge in [-0.2, -0.15) is 0 Å². The predicted octanol–water partition coefficient (Wildman–Crippen LogP) is 4.80. The molecule has 20 heavy (non-hydrogen) atoms. The van der Waals surface area contributed by atoms with Gasteiger partial charge in [0, 0.05) is 17.1 Å². The van der Waals surface area contributed by atoms with Crippen molar-refractivity contribution in [3.05, 3.63) is 28.8 Å². The molecule has 0 aromatic heterocycles.